The highest BCUT2D eigenvalue weighted by atomic mass is 16.5. The van der Waals surface area contributed by atoms with Crippen molar-refractivity contribution in [1.82, 2.24) is 4.98 Å². The van der Waals surface area contributed by atoms with E-state index in [1.165, 1.54) is 0 Å². The maximum atomic E-state index is 6.73. The monoisotopic (exact) mass is 498 g/mol. The molecule has 3 N–H and O–H groups in total. The summed E-state index contributed by atoms with van der Waals surface area (Å²) in [6, 6.07) is 16.3. The number of aliphatic imine (C=N–C) groups is 2. The van der Waals surface area contributed by atoms with Crippen LogP contribution in [0.4, 0.5) is 17.1 Å². The zero-order chi connectivity index (χ0) is 25.4. The molecule has 190 valence electrons. The molecular weight excluding hydrogens is 468 g/mol. The predicted molar refractivity (Wildman–Crippen MR) is 144 cm³/mol. The lowest BCUT2D eigenvalue weighted by Crippen LogP contribution is -2.35. The number of aryl methyl sites for hydroxylation is 2. The van der Waals surface area contributed by atoms with Gasteiger partial charge in [-0.05, 0) is 80.8 Å². The highest BCUT2D eigenvalue weighted by Crippen LogP contribution is 2.37. The molecular formula is C28H30N6O3. The Morgan fingerprint density at radius 2 is 1.95 bits per heavy atom. The average molecular weight is 499 g/mol. The maximum Gasteiger partial charge on any atom is 0.289 e. The fourth-order valence-electron chi connectivity index (χ4n) is 4.79. The molecule has 3 aliphatic rings. The quantitative estimate of drug-likeness (QED) is 0.523. The number of nitrogens with two attached hydrogens (primary N) is 1. The number of rotatable bonds is 4. The third-order valence-electron chi connectivity index (χ3n) is 7.03. The minimum absolute atomic E-state index is 0.171. The zero-order valence-corrected chi connectivity index (χ0v) is 21.0. The maximum absolute atomic E-state index is 6.73. The first-order chi connectivity index (χ1) is 18.0. The van der Waals surface area contributed by atoms with Crippen LogP contribution in [-0.4, -0.2) is 42.7 Å². The molecule has 0 radical (unpaired) electrons. The molecule has 3 aliphatic heterocycles. The van der Waals surface area contributed by atoms with Crippen LogP contribution < -0.4 is 20.7 Å². The van der Waals surface area contributed by atoms with Crippen molar-refractivity contribution < 1.29 is 14.2 Å². The summed E-state index contributed by atoms with van der Waals surface area (Å²) < 4.78 is 17.4. The molecule has 1 atom stereocenters. The summed E-state index contributed by atoms with van der Waals surface area (Å²) >= 11 is 0. The number of fused-ring (bicyclic) bond motifs is 1. The van der Waals surface area contributed by atoms with Gasteiger partial charge in [0.2, 0.25) is 0 Å². The van der Waals surface area contributed by atoms with Crippen molar-refractivity contribution in [3.05, 3.63) is 71.5 Å². The van der Waals surface area contributed by atoms with Crippen LogP contribution in [0.1, 0.15) is 35.8 Å². The molecule has 0 bridgehead atoms. The largest absolute Gasteiger partial charge is 0.462 e. The number of hydrogen-bond acceptors (Lipinski definition) is 9. The van der Waals surface area contributed by atoms with E-state index in [0.29, 0.717) is 18.4 Å². The van der Waals surface area contributed by atoms with Crippen LogP contribution in [0.25, 0.3) is 0 Å². The Bertz CT molecular complexity index is 1360. The van der Waals surface area contributed by atoms with Crippen LogP contribution in [0.15, 0.2) is 64.7 Å². The molecule has 0 saturated carbocycles. The molecule has 0 aliphatic carbocycles. The summed E-state index contributed by atoms with van der Waals surface area (Å²) in [5.41, 5.74) is 12.0. The van der Waals surface area contributed by atoms with Crippen LogP contribution in [0.3, 0.4) is 0 Å². The molecule has 1 unspecified atom stereocenters. The topological polar surface area (TPSA) is 107 Å². The highest BCUT2D eigenvalue weighted by molar-refractivity contribution is 5.92. The lowest BCUT2D eigenvalue weighted by molar-refractivity contribution is 0.0442. The first-order valence-corrected chi connectivity index (χ1v) is 12.5. The number of nitrogens with one attached hydrogen (secondary N) is 1. The van der Waals surface area contributed by atoms with Gasteiger partial charge in [0.1, 0.15) is 29.8 Å². The first-order valence-electron chi connectivity index (χ1n) is 12.5. The standard InChI is InChI=1S/C28H30N6O3/c1-18-13-21(5-8-25(18)37-22-6-3-19(2)30-15-22)34-17-31-24-7-4-20(14-23(24)26(34)29)32-27-33-28(16-36-27)9-11-35-12-10-28/h3-8,13-15,17,26H,9-12,16,29H2,1-2H3,(H,32,33). The number of aromatic nitrogens is 1. The van der Waals surface area contributed by atoms with Gasteiger partial charge in [0.15, 0.2) is 0 Å². The fraction of sp³-hybridized carbons (Fsp3) is 0.321. The van der Waals surface area contributed by atoms with Gasteiger partial charge in [-0.3, -0.25) is 4.98 Å². The van der Waals surface area contributed by atoms with E-state index in [-0.39, 0.29) is 5.54 Å². The van der Waals surface area contributed by atoms with Crippen molar-refractivity contribution in [2.75, 3.05) is 30.0 Å². The molecule has 37 heavy (non-hydrogen) atoms. The van der Waals surface area contributed by atoms with Gasteiger partial charge in [-0.15, -0.1) is 0 Å². The summed E-state index contributed by atoms with van der Waals surface area (Å²) in [5, 5.41) is 3.32. The van der Waals surface area contributed by atoms with Crippen molar-refractivity contribution in [3.8, 4) is 11.5 Å². The van der Waals surface area contributed by atoms with Gasteiger partial charge < -0.3 is 30.2 Å². The van der Waals surface area contributed by atoms with Gasteiger partial charge in [-0.2, -0.15) is 0 Å². The van der Waals surface area contributed by atoms with Gasteiger partial charge >= 0.3 is 0 Å². The van der Waals surface area contributed by atoms with Crippen LogP contribution in [0.5, 0.6) is 11.5 Å². The van der Waals surface area contributed by atoms with E-state index >= 15 is 0 Å². The Hall–Kier alpha value is -3.95. The molecule has 1 saturated heterocycles. The van der Waals surface area contributed by atoms with E-state index in [2.05, 4.69) is 15.3 Å². The second-order valence-corrected chi connectivity index (χ2v) is 9.72. The van der Waals surface area contributed by atoms with Crippen LogP contribution in [-0.2, 0) is 9.47 Å². The average Bonchev–Trinajstić information content (AvgIpc) is 3.28. The van der Waals surface area contributed by atoms with E-state index < -0.39 is 6.17 Å². The summed E-state index contributed by atoms with van der Waals surface area (Å²) in [6.45, 7) is 5.98. The fourth-order valence-corrected chi connectivity index (χ4v) is 4.79. The molecule has 6 rings (SSSR count). The normalized spacial score (nSPS) is 19.8. The van der Waals surface area contributed by atoms with Crippen LogP contribution in [0.2, 0.25) is 0 Å². The Morgan fingerprint density at radius 1 is 1.08 bits per heavy atom. The third-order valence-corrected chi connectivity index (χ3v) is 7.03. The van der Waals surface area contributed by atoms with Crippen molar-refractivity contribution >= 4 is 29.4 Å². The molecule has 2 aromatic carbocycles. The van der Waals surface area contributed by atoms with E-state index in [4.69, 9.17) is 24.9 Å². The second-order valence-electron chi connectivity index (χ2n) is 9.72. The van der Waals surface area contributed by atoms with Gasteiger partial charge in [-0.25, -0.2) is 9.98 Å². The highest BCUT2D eigenvalue weighted by Gasteiger charge is 2.38. The molecule has 1 spiro atoms. The van der Waals surface area contributed by atoms with Crippen molar-refractivity contribution in [1.29, 1.82) is 0 Å². The Morgan fingerprint density at radius 3 is 2.73 bits per heavy atom. The number of nitrogens with zero attached hydrogens (tertiary/aromatic N) is 4. The smallest absolute Gasteiger partial charge is 0.289 e. The molecule has 9 nitrogen and oxygen atoms in total. The number of ether oxygens (including phenoxy) is 3. The molecule has 4 heterocycles. The first kappa shape index (κ1) is 23.4. The van der Waals surface area contributed by atoms with Gasteiger partial charge in [0.05, 0.1) is 18.2 Å². The third kappa shape index (κ3) is 4.75. The number of pyridine rings is 1. The number of amidine groups is 1. The molecule has 3 aromatic rings. The van der Waals surface area contributed by atoms with Crippen molar-refractivity contribution in [2.24, 2.45) is 15.7 Å². The minimum atomic E-state index is -0.407. The predicted octanol–water partition coefficient (Wildman–Crippen LogP) is 4.98. The van der Waals surface area contributed by atoms with Crippen LogP contribution in [0, 0.1) is 13.8 Å². The van der Waals surface area contributed by atoms with Gasteiger partial charge in [0, 0.05) is 35.8 Å². The summed E-state index contributed by atoms with van der Waals surface area (Å²) in [4.78, 5) is 15.7. The minimum Gasteiger partial charge on any atom is -0.462 e. The molecule has 1 aromatic heterocycles. The SMILES string of the molecule is Cc1ccc(Oc2ccc(N3C=Nc4ccc(NC5=NC6(CCOCC6)CO5)cc4C3N)cc2C)cn1. The zero-order valence-electron chi connectivity index (χ0n) is 21.0. The van der Waals surface area contributed by atoms with Crippen molar-refractivity contribution in [2.45, 2.75) is 38.4 Å². The van der Waals surface area contributed by atoms with E-state index in [1.807, 2.05) is 67.3 Å². The molecule has 9 heteroatoms. The van der Waals surface area contributed by atoms with E-state index in [1.54, 1.807) is 12.5 Å². The Labute approximate surface area is 216 Å². The number of hydrogen-bond donors (Lipinski definition) is 2. The summed E-state index contributed by atoms with van der Waals surface area (Å²) in [5.74, 6) is 1.47. The lowest BCUT2D eigenvalue weighted by Gasteiger charge is -2.31. The lowest BCUT2D eigenvalue weighted by atomic mass is 9.92. The molecule has 0 amide bonds. The summed E-state index contributed by atoms with van der Waals surface area (Å²) in [7, 11) is 0. The van der Waals surface area contributed by atoms with Gasteiger partial charge in [0.25, 0.3) is 6.02 Å². The Balaban J connectivity index is 1.19. The van der Waals surface area contributed by atoms with E-state index in [9.17, 15) is 0 Å². The molecule has 1 fully saturated rings. The van der Waals surface area contributed by atoms with Crippen molar-refractivity contribution in [3.63, 3.8) is 0 Å². The number of anilines is 2. The Kier molecular flexibility index (Phi) is 6.02. The second kappa shape index (κ2) is 9.49. The van der Waals surface area contributed by atoms with Crippen LogP contribution >= 0.6 is 0 Å². The van der Waals surface area contributed by atoms with Gasteiger partial charge in [-0.1, -0.05) is 0 Å². The number of benzene rings is 2. The summed E-state index contributed by atoms with van der Waals surface area (Å²) in [6.07, 6.45) is 4.85. The van der Waals surface area contributed by atoms with E-state index in [0.717, 1.165) is 65.7 Å².